The monoisotopic (exact) mass is 230 g/mol. The lowest BCUT2D eigenvalue weighted by Crippen LogP contribution is -2.46. The van der Waals surface area contributed by atoms with Gasteiger partial charge in [-0.25, -0.2) is 0 Å². The van der Waals surface area contributed by atoms with Crippen LogP contribution in [0.1, 0.15) is 25.7 Å². The third-order valence-electron chi connectivity index (χ3n) is 2.73. The van der Waals surface area contributed by atoms with Gasteiger partial charge in [0, 0.05) is 6.04 Å². The minimum atomic E-state index is -1.04. The zero-order chi connectivity index (χ0) is 12.0. The molecule has 6 nitrogen and oxygen atoms in total. The molecule has 4 N–H and O–H groups in total. The summed E-state index contributed by atoms with van der Waals surface area (Å²) in [5.74, 6) is -2.03. The normalized spacial score (nSPS) is 22.6. The summed E-state index contributed by atoms with van der Waals surface area (Å²) < 4.78 is 0. The molecule has 0 aliphatic carbocycles. The molecule has 0 radical (unpaired) electrons. The molecule has 2 atom stereocenters. The van der Waals surface area contributed by atoms with Gasteiger partial charge in [0.05, 0.1) is 6.54 Å². The Bertz CT molecular complexity index is 251. The van der Waals surface area contributed by atoms with E-state index in [1.54, 1.807) is 0 Å². The van der Waals surface area contributed by atoms with Crippen LogP contribution in [0, 0.1) is 0 Å². The number of piperidine rings is 1. The highest BCUT2D eigenvalue weighted by Crippen LogP contribution is 2.12. The summed E-state index contributed by atoms with van der Waals surface area (Å²) in [4.78, 5) is 21.3. The summed E-state index contributed by atoms with van der Waals surface area (Å²) in [5.41, 5.74) is 0. The average molecular weight is 230 g/mol. The maximum Gasteiger partial charge on any atom is 0.320 e. The molecule has 1 heterocycles. The van der Waals surface area contributed by atoms with Crippen molar-refractivity contribution in [3.8, 4) is 0 Å². The number of hydrogen-bond acceptors (Lipinski definition) is 4. The van der Waals surface area contributed by atoms with Crippen molar-refractivity contribution in [2.45, 2.75) is 37.8 Å². The van der Waals surface area contributed by atoms with Crippen LogP contribution in [0.2, 0.25) is 0 Å². The van der Waals surface area contributed by atoms with E-state index < -0.39 is 18.0 Å². The van der Waals surface area contributed by atoms with Gasteiger partial charge in [-0.1, -0.05) is 6.42 Å². The summed E-state index contributed by atoms with van der Waals surface area (Å²) in [5, 5.41) is 23.2. The van der Waals surface area contributed by atoms with Crippen LogP contribution in [-0.4, -0.2) is 47.3 Å². The van der Waals surface area contributed by atoms with Crippen LogP contribution in [0.4, 0.5) is 0 Å². The molecule has 6 heteroatoms. The molecule has 16 heavy (non-hydrogen) atoms. The van der Waals surface area contributed by atoms with Gasteiger partial charge in [-0.3, -0.25) is 14.9 Å². The minimum absolute atomic E-state index is 0.177. The van der Waals surface area contributed by atoms with Gasteiger partial charge >= 0.3 is 11.9 Å². The average Bonchev–Trinajstić information content (AvgIpc) is 2.25. The second-order valence-electron chi connectivity index (χ2n) is 4.05. The Kier molecular flexibility index (Phi) is 5.21. The minimum Gasteiger partial charge on any atom is -0.480 e. The van der Waals surface area contributed by atoms with Crippen molar-refractivity contribution in [3.05, 3.63) is 0 Å². The number of nitrogens with one attached hydrogen (secondary N) is 2. The third kappa shape index (κ3) is 4.59. The van der Waals surface area contributed by atoms with Crippen LogP contribution >= 0.6 is 0 Å². The highest BCUT2D eigenvalue weighted by molar-refractivity contribution is 5.75. The summed E-state index contributed by atoms with van der Waals surface area (Å²) in [6.45, 7) is 0.597. The predicted octanol–water partition coefficient (Wildman–Crippen LogP) is -0.354. The molecule has 0 aromatic carbocycles. The van der Waals surface area contributed by atoms with Gasteiger partial charge in [-0.05, 0) is 25.8 Å². The Morgan fingerprint density at radius 2 is 2.12 bits per heavy atom. The molecule has 1 aliphatic heterocycles. The Labute approximate surface area is 94.0 Å². The number of hydrogen-bond donors (Lipinski definition) is 4. The molecule has 0 aromatic heterocycles. The first-order valence-corrected chi connectivity index (χ1v) is 5.51. The number of aliphatic carboxylic acids is 2. The number of rotatable bonds is 6. The van der Waals surface area contributed by atoms with E-state index in [2.05, 4.69) is 10.6 Å². The smallest absolute Gasteiger partial charge is 0.320 e. The van der Waals surface area contributed by atoms with Gasteiger partial charge in [0.2, 0.25) is 0 Å². The van der Waals surface area contributed by atoms with Crippen LogP contribution in [0.15, 0.2) is 0 Å². The molecular weight excluding hydrogens is 212 g/mol. The number of carboxylic acids is 2. The van der Waals surface area contributed by atoms with Crippen molar-refractivity contribution in [2.75, 3.05) is 13.1 Å². The molecule has 0 saturated carbocycles. The Balaban J connectivity index is 2.37. The molecule has 2 unspecified atom stereocenters. The number of carbonyl (C=O) groups is 2. The van der Waals surface area contributed by atoms with Gasteiger partial charge in [-0.15, -0.1) is 0 Å². The fourth-order valence-electron chi connectivity index (χ4n) is 1.89. The molecule has 1 saturated heterocycles. The SMILES string of the molecule is O=C(O)CNC(CC1CCCCN1)C(=O)O. The van der Waals surface area contributed by atoms with Crippen molar-refractivity contribution in [1.29, 1.82) is 0 Å². The Hall–Kier alpha value is -1.14. The topological polar surface area (TPSA) is 98.7 Å². The Morgan fingerprint density at radius 1 is 1.38 bits per heavy atom. The fraction of sp³-hybridized carbons (Fsp3) is 0.800. The lowest BCUT2D eigenvalue weighted by atomic mass is 9.98. The second kappa shape index (κ2) is 6.44. The van der Waals surface area contributed by atoms with E-state index in [1.165, 1.54) is 0 Å². The lowest BCUT2D eigenvalue weighted by Gasteiger charge is -2.26. The van der Waals surface area contributed by atoms with E-state index in [0.717, 1.165) is 25.8 Å². The fourth-order valence-corrected chi connectivity index (χ4v) is 1.89. The highest BCUT2D eigenvalue weighted by atomic mass is 16.4. The van der Waals surface area contributed by atoms with Gasteiger partial charge in [-0.2, -0.15) is 0 Å². The largest absolute Gasteiger partial charge is 0.480 e. The molecule has 92 valence electrons. The standard InChI is InChI=1S/C10H18N2O4/c13-9(14)6-12-8(10(15)16)5-7-3-1-2-4-11-7/h7-8,11-12H,1-6H2,(H,13,14)(H,15,16). The van der Waals surface area contributed by atoms with E-state index in [0.29, 0.717) is 6.42 Å². The van der Waals surface area contributed by atoms with Crippen molar-refractivity contribution in [2.24, 2.45) is 0 Å². The summed E-state index contributed by atoms with van der Waals surface area (Å²) in [7, 11) is 0. The summed E-state index contributed by atoms with van der Waals surface area (Å²) in [6.07, 6.45) is 3.61. The van der Waals surface area contributed by atoms with Crippen LogP contribution in [0.3, 0.4) is 0 Å². The van der Waals surface area contributed by atoms with E-state index >= 15 is 0 Å². The molecule has 0 bridgehead atoms. The highest BCUT2D eigenvalue weighted by Gasteiger charge is 2.23. The first kappa shape index (κ1) is 12.9. The van der Waals surface area contributed by atoms with Crippen molar-refractivity contribution in [3.63, 3.8) is 0 Å². The van der Waals surface area contributed by atoms with Gasteiger partial charge in [0.25, 0.3) is 0 Å². The number of carboxylic acid groups (broad SMARTS) is 2. The van der Waals surface area contributed by atoms with E-state index in [-0.39, 0.29) is 12.6 Å². The van der Waals surface area contributed by atoms with Crippen molar-refractivity contribution in [1.82, 2.24) is 10.6 Å². The maximum absolute atomic E-state index is 10.9. The van der Waals surface area contributed by atoms with Crippen molar-refractivity contribution >= 4 is 11.9 Å². The molecule has 1 aliphatic rings. The van der Waals surface area contributed by atoms with Gasteiger partial charge in [0.15, 0.2) is 0 Å². The molecule has 1 rings (SSSR count). The molecule has 0 aromatic rings. The van der Waals surface area contributed by atoms with E-state index in [9.17, 15) is 9.59 Å². The van der Waals surface area contributed by atoms with Crippen molar-refractivity contribution < 1.29 is 19.8 Å². The van der Waals surface area contributed by atoms with Crippen LogP contribution < -0.4 is 10.6 Å². The molecule has 0 amide bonds. The molecular formula is C10H18N2O4. The first-order valence-electron chi connectivity index (χ1n) is 5.51. The van der Waals surface area contributed by atoms with E-state index in [1.807, 2.05) is 0 Å². The quantitative estimate of drug-likeness (QED) is 0.497. The van der Waals surface area contributed by atoms with Gasteiger partial charge in [0.1, 0.15) is 6.04 Å². The van der Waals surface area contributed by atoms with Crippen LogP contribution in [0.25, 0.3) is 0 Å². The van der Waals surface area contributed by atoms with E-state index in [4.69, 9.17) is 10.2 Å². The first-order chi connectivity index (χ1) is 7.59. The molecule has 1 fully saturated rings. The molecule has 0 spiro atoms. The predicted molar refractivity (Wildman–Crippen MR) is 57.3 cm³/mol. The third-order valence-corrected chi connectivity index (χ3v) is 2.73. The zero-order valence-corrected chi connectivity index (χ0v) is 9.11. The maximum atomic E-state index is 10.9. The summed E-state index contributed by atoms with van der Waals surface area (Å²) in [6, 6.07) is -0.608. The van der Waals surface area contributed by atoms with Crippen LogP contribution in [-0.2, 0) is 9.59 Å². The zero-order valence-electron chi connectivity index (χ0n) is 9.11. The van der Waals surface area contributed by atoms with Crippen LogP contribution in [0.5, 0.6) is 0 Å². The summed E-state index contributed by atoms with van der Waals surface area (Å²) >= 11 is 0. The lowest BCUT2D eigenvalue weighted by molar-refractivity contribution is -0.140. The Morgan fingerprint density at radius 3 is 2.62 bits per heavy atom. The van der Waals surface area contributed by atoms with Gasteiger partial charge < -0.3 is 15.5 Å². The second-order valence-corrected chi connectivity index (χ2v) is 4.05.